The van der Waals surface area contributed by atoms with Crippen molar-refractivity contribution >= 4 is 23.7 Å². The van der Waals surface area contributed by atoms with E-state index in [1.54, 1.807) is 9.47 Å². The second kappa shape index (κ2) is 7.44. The van der Waals surface area contributed by atoms with Crippen molar-refractivity contribution in [3.05, 3.63) is 16.3 Å². The van der Waals surface area contributed by atoms with E-state index in [-0.39, 0.29) is 16.9 Å². The Kier molecular flexibility index (Phi) is 5.59. The van der Waals surface area contributed by atoms with Crippen molar-refractivity contribution in [1.29, 1.82) is 0 Å². The van der Waals surface area contributed by atoms with E-state index >= 15 is 0 Å². The van der Waals surface area contributed by atoms with Crippen LogP contribution in [0.5, 0.6) is 0 Å². The maximum absolute atomic E-state index is 11.8. The molecule has 2 rings (SSSR count). The molecule has 0 aliphatic heterocycles. The fourth-order valence-electron chi connectivity index (χ4n) is 1.90. The Morgan fingerprint density at radius 1 is 1.35 bits per heavy atom. The Labute approximate surface area is 138 Å². The molecule has 0 spiro atoms. The van der Waals surface area contributed by atoms with E-state index in [2.05, 4.69) is 32.1 Å². The van der Waals surface area contributed by atoms with Crippen LogP contribution in [0.25, 0.3) is 0 Å². The average molecular weight is 338 g/mol. The minimum atomic E-state index is -0.197. The largest absolute Gasteiger partial charge is 0.368 e. The third kappa shape index (κ3) is 4.21. The molecular formula is C13H22N8OS. The van der Waals surface area contributed by atoms with Crippen LogP contribution in [0.4, 0.5) is 11.9 Å². The zero-order valence-electron chi connectivity index (χ0n) is 13.8. The molecule has 1 unspecified atom stereocenters. The number of nitrogens with one attached hydrogen (secondary N) is 1. The van der Waals surface area contributed by atoms with Gasteiger partial charge in [0.1, 0.15) is 5.82 Å². The van der Waals surface area contributed by atoms with Crippen LogP contribution in [-0.2, 0) is 6.54 Å². The number of unbranched alkanes of at least 4 members (excludes halogenated alkanes) is 1. The predicted octanol–water partition coefficient (Wildman–Crippen LogP) is 1.06. The van der Waals surface area contributed by atoms with E-state index in [0.717, 1.165) is 12.8 Å². The minimum absolute atomic E-state index is 0.116. The molecule has 0 saturated carbocycles. The molecule has 1 atom stereocenters. The van der Waals surface area contributed by atoms with Gasteiger partial charge in [0.05, 0.1) is 5.25 Å². The standard InChI is InChI=1S/C13H22N8OS/c1-5-6-7-21-12(22)18-19-13(21)23-8(2)9-15-10(14)17-11(16-9)20(3)4/h8H,5-7H2,1-4H3,(H,18,22)(H2,14,15,16,17). The van der Waals surface area contributed by atoms with Gasteiger partial charge in [0.2, 0.25) is 11.9 Å². The van der Waals surface area contributed by atoms with Crippen LogP contribution in [-0.4, -0.2) is 43.8 Å². The SMILES string of the molecule is CCCCn1c(SC(C)c2nc(N)nc(N(C)C)n2)n[nH]c1=O. The Hall–Kier alpha value is -2.10. The van der Waals surface area contributed by atoms with E-state index in [0.29, 0.717) is 23.5 Å². The van der Waals surface area contributed by atoms with Gasteiger partial charge in [0.25, 0.3) is 0 Å². The number of nitrogens with two attached hydrogens (primary N) is 1. The van der Waals surface area contributed by atoms with Crippen LogP contribution >= 0.6 is 11.8 Å². The molecule has 0 aliphatic rings. The van der Waals surface area contributed by atoms with Gasteiger partial charge in [-0.05, 0) is 13.3 Å². The highest BCUT2D eigenvalue weighted by Crippen LogP contribution is 2.31. The molecule has 0 aromatic carbocycles. The van der Waals surface area contributed by atoms with Crippen molar-refractivity contribution < 1.29 is 0 Å². The first kappa shape index (κ1) is 17.3. The highest BCUT2D eigenvalue weighted by molar-refractivity contribution is 7.99. The summed E-state index contributed by atoms with van der Waals surface area (Å²) in [5.41, 5.74) is 5.56. The number of rotatable bonds is 7. The van der Waals surface area contributed by atoms with Gasteiger partial charge >= 0.3 is 5.69 Å². The van der Waals surface area contributed by atoms with Crippen molar-refractivity contribution in [2.24, 2.45) is 0 Å². The Morgan fingerprint density at radius 2 is 2.09 bits per heavy atom. The predicted molar refractivity (Wildman–Crippen MR) is 90.6 cm³/mol. The van der Waals surface area contributed by atoms with Gasteiger partial charge in [-0.1, -0.05) is 25.1 Å². The van der Waals surface area contributed by atoms with Crippen molar-refractivity contribution in [2.75, 3.05) is 24.7 Å². The lowest BCUT2D eigenvalue weighted by Gasteiger charge is -2.14. The topological polar surface area (TPSA) is 119 Å². The Morgan fingerprint density at radius 3 is 2.74 bits per heavy atom. The van der Waals surface area contributed by atoms with E-state index in [1.165, 1.54) is 11.8 Å². The van der Waals surface area contributed by atoms with Crippen LogP contribution in [0.2, 0.25) is 0 Å². The molecule has 0 saturated heterocycles. The smallest absolute Gasteiger partial charge is 0.343 e. The highest BCUT2D eigenvalue weighted by Gasteiger charge is 2.18. The number of thioether (sulfide) groups is 1. The quantitative estimate of drug-likeness (QED) is 0.719. The summed E-state index contributed by atoms with van der Waals surface area (Å²) in [6.07, 6.45) is 1.93. The summed E-state index contributed by atoms with van der Waals surface area (Å²) < 4.78 is 1.64. The maximum atomic E-state index is 11.8. The zero-order valence-corrected chi connectivity index (χ0v) is 14.6. The fourth-order valence-corrected chi connectivity index (χ4v) is 2.82. The Bertz CT molecular complexity index is 710. The molecule has 9 nitrogen and oxygen atoms in total. The number of nitrogen functional groups attached to an aromatic ring is 1. The summed E-state index contributed by atoms with van der Waals surface area (Å²) in [6, 6.07) is 0. The summed E-state index contributed by atoms with van der Waals surface area (Å²) in [5.74, 6) is 1.24. The monoisotopic (exact) mass is 338 g/mol. The number of nitrogens with zero attached hydrogens (tertiary/aromatic N) is 6. The lowest BCUT2D eigenvalue weighted by Crippen LogP contribution is -2.18. The van der Waals surface area contributed by atoms with Crippen molar-refractivity contribution in [3.63, 3.8) is 0 Å². The molecule has 2 aromatic heterocycles. The van der Waals surface area contributed by atoms with E-state index < -0.39 is 0 Å². The first-order valence-electron chi connectivity index (χ1n) is 7.43. The van der Waals surface area contributed by atoms with Gasteiger partial charge < -0.3 is 10.6 Å². The minimum Gasteiger partial charge on any atom is -0.368 e. The van der Waals surface area contributed by atoms with Crippen LogP contribution in [0.3, 0.4) is 0 Å². The van der Waals surface area contributed by atoms with Crippen molar-refractivity contribution in [3.8, 4) is 0 Å². The van der Waals surface area contributed by atoms with Crippen molar-refractivity contribution in [1.82, 2.24) is 29.7 Å². The second-order valence-electron chi connectivity index (χ2n) is 5.32. The van der Waals surface area contributed by atoms with Crippen LogP contribution in [0.15, 0.2) is 9.95 Å². The molecular weight excluding hydrogens is 316 g/mol. The molecule has 2 heterocycles. The molecule has 0 aliphatic carbocycles. The van der Waals surface area contributed by atoms with Gasteiger partial charge in [0.15, 0.2) is 5.16 Å². The number of hydrogen-bond acceptors (Lipinski definition) is 8. The lowest BCUT2D eigenvalue weighted by atomic mass is 10.3. The number of aromatic amines is 1. The van der Waals surface area contributed by atoms with E-state index in [1.807, 2.05) is 21.0 Å². The molecule has 0 radical (unpaired) electrons. The highest BCUT2D eigenvalue weighted by atomic mass is 32.2. The van der Waals surface area contributed by atoms with Crippen LogP contribution in [0, 0.1) is 0 Å². The fraction of sp³-hybridized carbons (Fsp3) is 0.615. The van der Waals surface area contributed by atoms with Gasteiger partial charge in [-0.3, -0.25) is 4.57 Å². The van der Waals surface area contributed by atoms with E-state index in [4.69, 9.17) is 5.73 Å². The summed E-state index contributed by atoms with van der Waals surface area (Å²) in [5, 5.41) is 7.09. The molecule has 23 heavy (non-hydrogen) atoms. The Balaban J connectivity index is 2.22. The summed E-state index contributed by atoms with van der Waals surface area (Å²) in [6.45, 7) is 4.67. The average Bonchev–Trinajstić information content (AvgIpc) is 2.84. The first-order valence-corrected chi connectivity index (χ1v) is 8.31. The van der Waals surface area contributed by atoms with Gasteiger partial charge in [-0.15, -0.1) is 5.10 Å². The first-order chi connectivity index (χ1) is 10.9. The van der Waals surface area contributed by atoms with Gasteiger partial charge in [-0.25, -0.2) is 9.89 Å². The number of H-pyrrole nitrogens is 1. The van der Waals surface area contributed by atoms with Crippen LogP contribution < -0.4 is 16.3 Å². The van der Waals surface area contributed by atoms with Crippen molar-refractivity contribution in [2.45, 2.75) is 43.6 Å². The molecule has 0 amide bonds. The second-order valence-corrected chi connectivity index (χ2v) is 6.63. The third-order valence-corrected chi connectivity index (χ3v) is 4.25. The maximum Gasteiger partial charge on any atom is 0.343 e. The summed E-state index contributed by atoms with van der Waals surface area (Å²) >= 11 is 1.42. The number of aromatic nitrogens is 6. The number of hydrogen-bond donors (Lipinski definition) is 2. The molecule has 0 fully saturated rings. The summed E-state index contributed by atoms with van der Waals surface area (Å²) in [4.78, 5) is 26.3. The summed E-state index contributed by atoms with van der Waals surface area (Å²) in [7, 11) is 3.68. The number of anilines is 2. The molecule has 10 heteroatoms. The molecule has 3 N–H and O–H groups in total. The van der Waals surface area contributed by atoms with Crippen LogP contribution in [0.1, 0.15) is 37.8 Å². The normalized spacial score (nSPS) is 12.3. The molecule has 2 aromatic rings. The molecule has 0 bridgehead atoms. The zero-order chi connectivity index (χ0) is 17.0. The van der Waals surface area contributed by atoms with Gasteiger partial charge in [0, 0.05) is 20.6 Å². The molecule has 126 valence electrons. The lowest BCUT2D eigenvalue weighted by molar-refractivity contribution is 0.572. The van der Waals surface area contributed by atoms with Gasteiger partial charge in [-0.2, -0.15) is 15.0 Å². The third-order valence-electron chi connectivity index (χ3n) is 3.16. The van der Waals surface area contributed by atoms with E-state index in [9.17, 15) is 4.79 Å².